The van der Waals surface area contributed by atoms with Gasteiger partial charge in [0.2, 0.25) is 0 Å². The van der Waals surface area contributed by atoms with Crippen molar-refractivity contribution in [1.29, 1.82) is 0 Å². The SMILES string of the molecule is COc1ccc(C)cc1C(Cl)C(C)c1ccccc1. The van der Waals surface area contributed by atoms with Gasteiger partial charge in [0.15, 0.2) is 0 Å². The summed E-state index contributed by atoms with van der Waals surface area (Å²) in [6.07, 6.45) is 0. The van der Waals surface area contributed by atoms with Crippen LogP contribution in [0.4, 0.5) is 0 Å². The molecule has 0 aliphatic rings. The molecule has 0 amide bonds. The maximum absolute atomic E-state index is 6.67. The molecule has 0 N–H and O–H groups in total. The summed E-state index contributed by atoms with van der Waals surface area (Å²) in [6.45, 7) is 4.22. The van der Waals surface area contributed by atoms with Crippen molar-refractivity contribution in [3.63, 3.8) is 0 Å². The van der Waals surface area contributed by atoms with Crippen LogP contribution < -0.4 is 4.74 Å². The van der Waals surface area contributed by atoms with E-state index in [2.05, 4.69) is 32.0 Å². The van der Waals surface area contributed by atoms with Gasteiger partial charge in [0.05, 0.1) is 12.5 Å². The van der Waals surface area contributed by atoms with Crippen LogP contribution in [0.15, 0.2) is 48.5 Å². The lowest BCUT2D eigenvalue weighted by Crippen LogP contribution is -2.04. The number of rotatable bonds is 4. The van der Waals surface area contributed by atoms with Crippen molar-refractivity contribution in [2.24, 2.45) is 0 Å². The van der Waals surface area contributed by atoms with Gasteiger partial charge in [0.1, 0.15) is 5.75 Å². The number of aryl methyl sites for hydroxylation is 1. The van der Waals surface area contributed by atoms with Gasteiger partial charge in [-0.05, 0) is 18.6 Å². The van der Waals surface area contributed by atoms with E-state index < -0.39 is 0 Å². The lowest BCUT2D eigenvalue weighted by atomic mass is 9.92. The largest absolute Gasteiger partial charge is 0.496 e. The van der Waals surface area contributed by atoms with Gasteiger partial charge in [0, 0.05) is 11.5 Å². The Morgan fingerprint density at radius 2 is 1.74 bits per heavy atom. The van der Waals surface area contributed by atoms with Gasteiger partial charge in [-0.2, -0.15) is 0 Å². The third kappa shape index (κ3) is 3.10. The molecular weight excluding hydrogens is 256 g/mol. The van der Waals surface area contributed by atoms with E-state index in [0.717, 1.165) is 11.3 Å². The molecule has 19 heavy (non-hydrogen) atoms. The van der Waals surface area contributed by atoms with Crippen molar-refractivity contribution in [3.05, 3.63) is 65.2 Å². The highest BCUT2D eigenvalue weighted by Crippen LogP contribution is 2.40. The van der Waals surface area contributed by atoms with Crippen molar-refractivity contribution < 1.29 is 4.74 Å². The molecule has 0 fully saturated rings. The number of ether oxygens (including phenoxy) is 1. The molecule has 1 nitrogen and oxygen atoms in total. The number of hydrogen-bond donors (Lipinski definition) is 0. The zero-order valence-corrected chi connectivity index (χ0v) is 12.3. The van der Waals surface area contributed by atoms with Crippen LogP contribution in [-0.2, 0) is 0 Å². The van der Waals surface area contributed by atoms with E-state index in [9.17, 15) is 0 Å². The predicted molar refractivity (Wildman–Crippen MR) is 81.2 cm³/mol. The Hall–Kier alpha value is -1.47. The van der Waals surface area contributed by atoms with Crippen LogP contribution >= 0.6 is 11.6 Å². The van der Waals surface area contributed by atoms with Gasteiger partial charge in [-0.3, -0.25) is 0 Å². The molecule has 0 saturated heterocycles. The van der Waals surface area contributed by atoms with Gasteiger partial charge in [-0.1, -0.05) is 55.0 Å². The lowest BCUT2D eigenvalue weighted by molar-refractivity contribution is 0.407. The van der Waals surface area contributed by atoms with Gasteiger partial charge in [0.25, 0.3) is 0 Å². The second-order valence-corrected chi connectivity index (χ2v) is 5.32. The number of halogens is 1. The van der Waals surface area contributed by atoms with Crippen molar-refractivity contribution in [1.82, 2.24) is 0 Å². The minimum absolute atomic E-state index is 0.0998. The number of hydrogen-bond acceptors (Lipinski definition) is 1. The minimum atomic E-state index is -0.0998. The molecule has 2 unspecified atom stereocenters. The fraction of sp³-hybridized carbons (Fsp3) is 0.294. The highest BCUT2D eigenvalue weighted by atomic mass is 35.5. The van der Waals surface area contributed by atoms with E-state index in [1.807, 2.05) is 30.3 Å². The van der Waals surface area contributed by atoms with E-state index in [1.165, 1.54) is 11.1 Å². The van der Waals surface area contributed by atoms with E-state index in [4.69, 9.17) is 16.3 Å². The van der Waals surface area contributed by atoms with E-state index >= 15 is 0 Å². The Morgan fingerprint density at radius 3 is 2.37 bits per heavy atom. The average molecular weight is 275 g/mol. The number of alkyl halides is 1. The Bertz CT molecular complexity index is 536. The quantitative estimate of drug-likeness (QED) is 0.706. The molecule has 2 aromatic carbocycles. The Balaban J connectivity index is 2.33. The van der Waals surface area contributed by atoms with Crippen LogP contribution in [0.25, 0.3) is 0 Å². The zero-order chi connectivity index (χ0) is 13.8. The topological polar surface area (TPSA) is 9.23 Å². The summed E-state index contributed by atoms with van der Waals surface area (Å²) in [5.41, 5.74) is 3.49. The molecule has 2 heteroatoms. The van der Waals surface area contributed by atoms with Crippen molar-refractivity contribution in [3.8, 4) is 5.75 Å². The van der Waals surface area contributed by atoms with Crippen LogP contribution in [0.5, 0.6) is 5.75 Å². The molecular formula is C17H19ClO. The first-order valence-electron chi connectivity index (χ1n) is 6.47. The summed E-state index contributed by atoms with van der Waals surface area (Å²) < 4.78 is 5.42. The standard InChI is InChI=1S/C17H19ClO/c1-12-9-10-16(19-3)15(11-12)17(18)13(2)14-7-5-4-6-8-14/h4-11,13,17H,1-3H3. The van der Waals surface area contributed by atoms with Gasteiger partial charge in [-0.15, -0.1) is 11.6 Å². The molecule has 2 aromatic rings. The van der Waals surface area contributed by atoms with Crippen LogP contribution in [-0.4, -0.2) is 7.11 Å². The second-order valence-electron chi connectivity index (χ2n) is 4.85. The molecule has 0 spiro atoms. The minimum Gasteiger partial charge on any atom is -0.496 e. The molecule has 0 heterocycles. The van der Waals surface area contributed by atoms with E-state index in [1.54, 1.807) is 7.11 Å². The average Bonchev–Trinajstić information content (AvgIpc) is 2.46. The van der Waals surface area contributed by atoms with E-state index in [-0.39, 0.29) is 11.3 Å². The zero-order valence-electron chi connectivity index (χ0n) is 11.6. The monoisotopic (exact) mass is 274 g/mol. The van der Waals surface area contributed by atoms with Crippen LogP contribution in [0.3, 0.4) is 0 Å². The molecule has 0 aliphatic heterocycles. The molecule has 0 aliphatic carbocycles. The first-order chi connectivity index (χ1) is 9.13. The maximum Gasteiger partial charge on any atom is 0.123 e. The molecule has 0 bridgehead atoms. The number of benzene rings is 2. The fourth-order valence-electron chi connectivity index (χ4n) is 2.26. The predicted octanol–water partition coefficient (Wildman–Crippen LogP) is 5.09. The summed E-state index contributed by atoms with van der Waals surface area (Å²) in [5, 5.41) is -0.0998. The van der Waals surface area contributed by atoms with Gasteiger partial charge < -0.3 is 4.74 Å². The van der Waals surface area contributed by atoms with Crippen LogP contribution in [0, 0.1) is 6.92 Å². The highest BCUT2D eigenvalue weighted by Gasteiger charge is 2.21. The maximum atomic E-state index is 6.67. The highest BCUT2D eigenvalue weighted by molar-refractivity contribution is 6.21. The van der Waals surface area contributed by atoms with Crippen molar-refractivity contribution >= 4 is 11.6 Å². The Kier molecular flexibility index (Phi) is 4.49. The van der Waals surface area contributed by atoms with Crippen LogP contribution in [0.1, 0.15) is 34.9 Å². The molecule has 2 rings (SSSR count). The van der Waals surface area contributed by atoms with Crippen molar-refractivity contribution in [2.45, 2.75) is 25.1 Å². The summed E-state index contributed by atoms with van der Waals surface area (Å²) in [7, 11) is 1.69. The molecule has 0 saturated carbocycles. The van der Waals surface area contributed by atoms with Crippen LogP contribution in [0.2, 0.25) is 0 Å². The normalized spacial score (nSPS) is 13.9. The second kappa shape index (κ2) is 6.12. The van der Waals surface area contributed by atoms with Gasteiger partial charge in [-0.25, -0.2) is 0 Å². The first-order valence-corrected chi connectivity index (χ1v) is 6.90. The van der Waals surface area contributed by atoms with Gasteiger partial charge >= 0.3 is 0 Å². The lowest BCUT2D eigenvalue weighted by Gasteiger charge is -2.21. The van der Waals surface area contributed by atoms with E-state index in [0.29, 0.717) is 0 Å². The Labute approximate surface area is 120 Å². The smallest absolute Gasteiger partial charge is 0.123 e. The first kappa shape index (κ1) is 14.0. The summed E-state index contributed by atoms with van der Waals surface area (Å²) in [5.74, 6) is 1.09. The number of methoxy groups -OCH3 is 1. The van der Waals surface area contributed by atoms with Crippen molar-refractivity contribution in [2.75, 3.05) is 7.11 Å². The molecule has 100 valence electrons. The third-order valence-corrected chi connectivity index (χ3v) is 4.06. The molecule has 2 atom stereocenters. The summed E-state index contributed by atoms with van der Waals surface area (Å²) in [6, 6.07) is 16.5. The molecule has 0 radical (unpaired) electrons. The Morgan fingerprint density at radius 1 is 1.05 bits per heavy atom. The summed E-state index contributed by atoms with van der Waals surface area (Å²) >= 11 is 6.67. The third-order valence-electron chi connectivity index (χ3n) is 3.45. The molecule has 0 aromatic heterocycles. The summed E-state index contributed by atoms with van der Waals surface area (Å²) in [4.78, 5) is 0. The fourth-order valence-corrected chi connectivity index (χ4v) is 2.58.